The number of hydrogen-bond donors (Lipinski definition) is 1. The van der Waals surface area contributed by atoms with Gasteiger partial charge >= 0.3 is 0 Å². The van der Waals surface area contributed by atoms with Crippen LogP contribution in [0.25, 0.3) is 0 Å². The summed E-state index contributed by atoms with van der Waals surface area (Å²) in [6.07, 6.45) is 0.923. The Morgan fingerprint density at radius 1 is 1.23 bits per heavy atom. The smallest absolute Gasteiger partial charge is 0.0599 e. The molecular weight excluding hydrogens is 162 g/mol. The molecule has 0 aromatic heterocycles. The molecule has 2 heteroatoms. The Morgan fingerprint density at radius 2 is 1.92 bits per heavy atom. The van der Waals surface area contributed by atoms with Crippen LogP contribution in [0.3, 0.4) is 0 Å². The second kappa shape index (κ2) is 6.94. The summed E-state index contributed by atoms with van der Waals surface area (Å²) >= 11 is 0. The first-order valence-corrected chi connectivity index (χ1v) is 4.80. The maximum Gasteiger partial charge on any atom is 0.0599 e. The van der Waals surface area contributed by atoms with Crippen molar-refractivity contribution >= 4 is 0 Å². The highest BCUT2D eigenvalue weighted by molar-refractivity contribution is 4.95. The van der Waals surface area contributed by atoms with Gasteiger partial charge in [0.1, 0.15) is 0 Å². The third-order valence-corrected chi connectivity index (χ3v) is 1.42. The number of nitrogens with one attached hydrogen (secondary N) is 1. The van der Waals surface area contributed by atoms with E-state index in [1.165, 1.54) is 0 Å². The van der Waals surface area contributed by atoms with Crippen LogP contribution < -0.4 is 5.32 Å². The highest BCUT2D eigenvalue weighted by Crippen LogP contribution is 2.04. The Morgan fingerprint density at radius 3 is 2.46 bits per heavy atom. The first-order valence-electron chi connectivity index (χ1n) is 4.80. The molecule has 2 nitrogen and oxygen atoms in total. The Hall–Kier alpha value is -0.520. The first-order chi connectivity index (χ1) is 6.06. The zero-order valence-electron chi connectivity index (χ0n) is 9.24. The van der Waals surface area contributed by atoms with Gasteiger partial charge in [0, 0.05) is 19.5 Å². The molecular formula is C11H21NO. The fourth-order valence-electron chi connectivity index (χ4n) is 0.830. The van der Waals surface area contributed by atoms with Crippen LogP contribution in [0, 0.1) is 11.8 Å². The van der Waals surface area contributed by atoms with Crippen LogP contribution in [0.1, 0.15) is 34.1 Å². The van der Waals surface area contributed by atoms with Crippen molar-refractivity contribution in [2.45, 2.75) is 39.7 Å². The molecule has 0 amide bonds. The lowest BCUT2D eigenvalue weighted by molar-refractivity contribution is -0.000687. The van der Waals surface area contributed by atoms with Crippen LogP contribution >= 0.6 is 0 Å². The first kappa shape index (κ1) is 12.5. The lowest BCUT2D eigenvalue weighted by Crippen LogP contribution is -2.27. The maximum atomic E-state index is 5.54. The molecule has 0 aromatic carbocycles. The molecule has 0 unspecified atom stereocenters. The molecule has 0 radical (unpaired) electrons. The molecule has 0 bridgehead atoms. The summed E-state index contributed by atoms with van der Waals surface area (Å²) in [5.41, 5.74) is -0.0229. The van der Waals surface area contributed by atoms with Crippen molar-refractivity contribution in [3.63, 3.8) is 0 Å². The third-order valence-electron chi connectivity index (χ3n) is 1.42. The van der Waals surface area contributed by atoms with Crippen molar-refractivity contribution in [2.24, 2.45) is 0 Å². The largest absolute Gasteiger partial charge is 0.375 e. The fourth-order valence-corrected chi connectivity index (χ4v) is 0.830. The quantitative estimate of drug-likeness (QED) is 0.518. The van der Waals surface area contributed by atoms with E-state index in [0.29, 0.717) is 0 Å². The second-order valence-corrected chi connectivity index (χ2v) is 3.89. The van der Waals surface area contributed by atoms with Gasteiger partial charge in [-0.15, -0.1) is 11.8 Å². The van der Waals surface area contributed by atoms with E-state index in [9.17, 15) is 0 Å². The van der Waals surface area contributed by atoms with Crippen molar-refractivity contribution in [3.05, 3.63) is 0 Å². The molecule has 0 rings (SSSR count). The van der Waals surface area contributed by atoms with Crippen LogP contribution in [0.5, 0.6) is 0 Å². The summed E-state index contributed by atoms with van der Waals surface area (Å²) < 4.78 is 5.54. The maximum absolute atomic E-state index is 5.54. The Balaban J connectivity index is 3.12. The van der Waals surface area contributed by atoms with Crippen molar-refractivity contribution in [1.29, 1.82) is 0 Å². The molecule has 0 spiro atoms. The summed E-state index contributed by atoms with van der Waals surface area (Å²) in [5, 5.41) is 3.27. The number of hydrogen-bond acceptors (Lipinski definition) is 2. The lowest BCUT2D eigenvalue weighted by Gasteiger charge is -2.19. The van der Waals surface area contributed by atoms with Crippen molar-refractivity contribution in [3.8, 4) is 11.8 Å². The molecule has 0 aliphatic rings. The number of ether oxygens (including phenoxy) is 1. The van der Waals surface area contributed by atoms with Gasteiger partial charge in [-0.05, 0) is 27.7 Å². The molecule has 1 N–H and O–H groups in total. The van der Waals surface area contributed by atoms with Gasteiger partial charge in [-0.25, -0.2) is 0 Å². The van der Waals surface area contributed by atoms with Crippen LogP contribution in [0.2, 0.25) is 0 Å². The molecule has 0 saturated carbocycles. The Kier molecular flexibility index (Phi) is 6.66. The molecule has 0 saturated heterocycles. The van der Waals surface area contributed by atoms with E-state index in [1.54, 1.807) is 0 Å². The summed E-state index contributed by atoms with van der Waals surface area (Å²) in [7, 11) is 0. The third kappa shape index (κ3) is 11.5. The summed E-state index contributed by atoms with van der Waals surface area (Å²) in [5.74, 6) is 5.86. The van der Waals surface area contributed by atoms with Crippen LogP contribution in [-0.2, 0) is 4.74 Å². The minimum atomic E-state index is -0.0229. The van der Waals surface area contributed by atoms with Gasteiger partial charge in [-0.2, -0.15) is 0 Å². The van der Waals surface area contributed by atoms with Gasteiger partial charge in [0.25, 0.3) is 0 Å². The molecule has 76 valence electrons. The number of rotatable bonds is 5. The van der Waals surface area contributed by atoms with Gasteiger partial charge in [-0.1, -0.05) is 0 Å². The fraction of sp³-hybridized carbons (Fsp3) is 0.818. The van der Waals surface area contributed by atoms with Crippen molar-refractivity contribution < 1.29 is 4.74 Å². The van der Waals surface area contributed by atoms with E-state index in [2.05, 4.69) is 37.9 Å². The highest BCUT2D eigenvalue weighted by Gasteiger charge is 2.08. The van der Waals surface area contributed by atoms with Crippen molar-refractivity contribution in [2.75, 3.05) is 19.7 Å². The summed E-state index contributed by atoms with van der Waals surface area (Å²) in [4.78, 5) is 0. The molecule has 0 fully saturated rings. The molecule has 0 aromatic rings. The predicted molar refractivity (Wildman–Crippen MR) is 56.6 cm³/mol. The minimum absolute atomic E-state index is 0.0229. The van der Waals surface area contributed by atoms with Crippen molar-refractivity contribution in [1.82, 2.24) is 5.32 Å². The molecule has 13 heavy (non-hydrogen) atoms. The van der Waals surface area contributed by atoms with E-state index in [1.807, 2.05) is 6.92 Å². The van der Waals surface area contributed by atoms with E-state index in [-0.39, 0.29) is 5.60 Å². The predicted octanol–water partition coefficient (Wildman–Crippen LogP) is 1.80. The van der Waals surface area contributed by atoms with E-state index < -0.39 is 0 Å². The van der Waals surface area contributed by atoms with E-state index in [4.69, 9.17) is 4.74 Å². The van der Waals surface area contributed by atoms with Crippen LogP contribution in [-0.4, -0.2) is 25.3 Å². The normalized spacial score (nSPS) is 10.8. The monoisotopic (exact) mass is 183 g/mol. The Labute approximate surface area is 82.1 Å². The van der Waals surface area contributed by atoms with Crippen LogP contribution in [0.15, 0.2) is 0 Å². The highest BCUT2D eigenvalue weighted by atomic mass is 16.5. The van der Waals surface area contributed by atoms with Gasteiger partial charge < -0.3 is 10.1 Å². The minimum Gasteiger partial charge on any atom is -0.375 e. The zero-order valence-corrected chi connectivity index (χ0v) is 9.24. The topological polar surface area (TPSA) is 21.3 Å². The molecule has 0 aliphatic heterocycles. The zero-order chi connectivity index (χ0) is 10.2. The van der Waals surface area contributed by atoms with Gasteiger partial charge in [0.15, 0.2) is 0 Å². The standard InChI is InChI=1S/C11H21NO/c1-5-6-7-8-12-9-10-13-11(2,3)4/h12H,7-10H2,1-4H3. The van der Waals surface area contributed by atoms with E-state index >= 15 is 0 Å². The molecule has 0 aliphatic carbocycles. The average Bonchev–Trinajstić information content (AvgIpc) is 2.01. The van der Waals surface area contributed by atoms with Gasteiger partial charge in [0.2, 0.25) is 0 Å². The van der Waals surface area contributed by atoms with Gasteiger partial charge in [-0.3, -0.25) is 0 Å². The molecule has 0 atom stereocenters. The summed E-state index contributed by atoms with van der Waals surface area (Å²) in [6, 6.07) is 0. The SMILES string of the molecule is CC#CCCNCCOC(C)(C)C. The Bertz CT molecular complexity index is 171. The average molecular weight is 183 g/mol. The van der Waals surface area contributed by atoms with Crippen LogP contribution in [0.4, 0.5) is 0 Å². The molecule has 0 heterocycles. The summed E-state index contributed by atoms with van der Waals surface area (Å²) in [6.45, 7) is 10.7. The lowest BCUT2D eigenvalue weighted by atomic mass is 10.2. The second-order valence-electron chi connectivity index (χ2n) is 3.89. The van der Waals surface area contributed by atoms with E-state index in [0.717, 1.165) is 26.1 Å². The van der Waals surface area contributed by atoms with Gasteiger partial charge in [0.05, 0.1) is 12.2 Å².